The third-order valence-electron chi connectivity index (χ3n) is 3.97. The highest BCUT2D eigenvalue weighted by Crippen LogP contribution is 2.35. The third-order valence-corrected chi connectivity index (χ3v) is 3.97. The standard InChI is InChI=1S/C14H18N4O/c1-9-16-13-6-10-8-18(11-2-4-15-5-3-11)17-12(10)7-14(13)19-9/h6-9,11,15-16H,2-5H2,1H3. The summed E-state index contributed by atoms with van der Waals surface area (Å²) in [4.78, 5) is 0. The number of ether oxygens (including phenoxy) is 1. The van der Waals surface area contributed by atoms with E-state index < -0.39 is 0 Å². The number of rotatable bonds is 1. The highest BCUT2D eigenvalue weighted by atomic mass is 16.5. The van der Waals surface area contributed by atoms with Gasteiger partial charge in [0.2, 0.25) is 0 Å². The van der Waals surface area contributed by atoms with Crippen molar-refractivity contribution < 1.29 is 4.74 Å². The third kappa shape index (κ3) is 1.85. The summed E-state index contributed by atoms with van der Waals surface area (Å²) in [5.41, 5.74) is 2.10. The number of nitrogens with zero attached hydrogens (tertiary/aromatic N) is 2. The molecule has 2 N–H and O–H groups in total. The Labute approximate surface area is 111 Å². The van der Waals surface area contributed by atoms with Gasteiger partial charge in [-0.1, -0.05) is 0 Å². The average molecular weight is 258 g/mol. The maximum absolute atomic E-state index is 5.70. The number of anilines is 1. The van der Waals surface area contributed by atoms with Crippen LogP contribution in [-0.2, 0) is 0 Å². The highest BCUT2D eigenvalue weighted by Gasteiger charge is 2.21. The normalized spacial score (nSPS) is 23.1. The first kappa shape index (κ1) is 11.1. The van der Waals surface area contributed by atoms with Crippen LogP contribution >= 0.6 is 0 Å². The lowest BCUT2D eigenvalue weighted by atomic mass is 10.1. The molecule has 2 aromatic rings. The van der Waals surface area contributed by atoms with Crippen LogP contribution in [0.25, 0.3) is 10.9 Å². The van der Waals surface area contributed by atoms with Gasteiger partial charge in [0.15, 0.2) is 6.23 Å². The van der Waals surface area contributed by atoms with Crippen molar-refractivity contribution in [3.8, 4) is 5.75 Å². The topological polar surface area (TPSA) is 51.1 Å². The second-order valence-corrected chi connectivity index (χ2v) is 5.40. The van der Waals surface area contributed by atoms with Crippen molar-refractivity contribution in [2.45, 2.75) is 32.0 Å². The minimum atomic E-state index is 0.0537. The van der Waals surface area contributed by atoms with Crippen molar-refractivity contribution in [3.63, 3.8) is 0 Å². The smallest absolute Gasteiger partial charge is 0.167 e. The molecule has 2 aliphatic rings. The van der Waals surface area contributed by atoms with Gasteiger partial charge in [-0.25, -0.2) is 0 Å². The van der Waals surface area contributed by atoms with Gasteiger partial charge < -0.3 is 15.4 Å². The summed E-state index contributed by atoms with van der Waals surface area (Å²) in [5.74, 6) is 0.913. The van der Waals surface area contributed by atoms with Crippen LogP contribution in [0, 0.1) is 0 Å². The molecule has 0 spiro atoms. The highest BCUT2D eigenvalue weighted by molar-refractivity contribution is 5.86. The monoisotopic (exact) mass is 258 g/mol. The van der Waals surface area contributed by atoms with E-state index in [1.807, 2.05) is 13.0 Å². The van der Waals surface area contributed by atoms with Crippen molar-refractivity contribution >= 4 is 16.6 Å². The van der Waals surface area contributed by atoms with E-state index in [1.54, 1.807) is 0 Å². The predicted octanol–water partition coefficient (Wildman–Crippen LogP) is 2.11. The lowest BCUT2D eigenvalue weighted by Crippen LogP contribution is -2.29. The van der Waals surface area contributed by atoms with Gasteiger partial charge in [0.05, 0.1) is 17.2 Å². The summed E-state index contributed by atoms with van der Waals surface area (Å²) < 4.78 is 7.83. The Hall–Kier alpha value is -1.75. The van der Waals surface area contributed by atoms with Crippen molar-refractivity contribution in [1.29, 1.82) is 0 Å². The summed E-state index contributed by atoms with van der Waals surface area (Å²) in [5, 5.41) is 12.6. The molecular weight excluding hydrogens is 240 g/mol. The molecule has 2 aliphatic heterocycles. The fraction of sp³-hybridized carbons (Fsp3) is 0.500. The Bertz CT molecular complexity index is 572. The fourth-order valence-corrected chi connectivity index (χ4v) is 2.98. The minimum Gasteiger partial charge on any atom is -0.469 e. The van der Waals surface area contributed by atoms with E-state index in [-0.39, 0.29) is 6.23 Å². The molecule has 0 radical (unpaired) electrons. The lowest BCUT2D eigenvalue weighted by Gasteiger charge is -2.22. The van der Waals surface area contributed by atoms with Gasteiger partial charge in [0, 0.05) is 17.6 Å². The molecule has 5 nitrogen and oxygen atoms in total. The van der Waals surface area contributed by atoms with Gasteiger partial charge >= 0.3 is 0 Å². The predicted molar refractivity (Wildman–Crippen MR) is 74.6 cm³/mol. The molecule has 5 heteroatoms. The molecule has 1 atom stereocenters. The zero-order chi connectivity index (χ0) is 12.8. The largest absolute Gasteiger partial charge is 0.469 e. The maximum atomic E-state index is 5.70. The Morgan fingerprint density at radius 3 is 3.00 bits per heavy atom. The summed E-state index contributed by atoms with van der Waals surface area (Å²) in [6, 6.07) is 4.70. The summed E-state index contributed by atoms with van der Waals surface area (Å²) in [6.45, 7) is 4.17. The SMILES string of the molecule is CC1Nc2cc3cn(C4CCNCC4)nc3cc2O1. The van der Waals surface area contributed by atoms with Crippen molar-refractivity contribution in [1.82, 2.24) is 15.1 Å². The van der Waals surface area contributed by atoms with Gasteiger partial charge in [-0.15, -0.1) is 0 Å². The Morgan fingerprint density at radius 2 is 2.16 bits per heavy atom. The quantitative estimate of drug-likeness (QED) is 0.822. The molecule has 1 aromatic heterocycles. The first-order valence-corrected chi connectivity index (χ1v) is 6.96. The van der Waals surface area contributed by atoms with E-state index in [2.05, 4.69) is 27.6 Å². The van der Waals surface area contributed by atoms with Gasteiger partial charge in [-0.2, -0.15) is 5.10 Å². The van der Waals surface area contributed by atoms with Crippen LogP contribution in [0.1, 0.15) is 25.8 Å². The lowest BCUT2D eigenvalue weighted by molar-refractivity contribution is 0.275. The number of hydrogen-bond donors (Lipinski definition) is 2. The van der Waals surface area contributed by atoms with Crippen LogP contribution in [0.5, 0.6) is 5.75 Å². The first-order chi connectivity index (χ1) is 9.29. The van der Waals surface area contributed by atoms with E-state index in [4.69, 9.17) is 9.84 Å². The summed E-state index contributed by atoms with van der Waals surface area (Å²) >= 11 is 0. The number of fused-ring (bicyclic) bond motifs is 2. The molecule has 1 fully saturated rings. The molecule has 0 saturated carbocycles. The Balaban J connectivity index is 1.72. The first-order valence-electron chi connectivity index (χ1n) is 6.96. The second kappa shape index (κ2) is 4.13. The van der Waals surface area contributed by atoms with Crippen molar-refractivity contribution in [2.24, 2.45) is 0 Å². The van der Waals surface area contributed by atoms with Crippen LogP contribution in [0.3, 0.4) is 0 Å². The maximum Gasteiger partial charge on any atom is 0.167 e. The second-order valence-electron chi connectivity index (χ2n) is 5.40. The van der Waals surface area contributed by atoms with Gasteiger partial charge in [-0.05, 0) is 38.9 Å². The molecule has 100 valence electrons. The van der Waals surface area contributed by atoms with Crippen molar-refractivity contribution in [3.05, 3.63) is 18.3 Å². The van der Waals surface area contributed by atoms with Crippen LogP contribution < -0.4 is 15.4 Å². The molecular formula is C14H18N4O. The molecule has 1 aromatic carbocycles. The van der Waals surface area contributed by atoms with Gasteiger partial charge in [0.1, 0.15) is 5.75 Å². The van der Waals surface area contributed by atoms with E-state index in [1.165, 1.54) is 5.39 Å². The van der Waals surface area contributed by atoms with E-state index in [9.17, 15) is 0 Å². The fourth-order valence-electron chi connectivity index (χ4n) is 2.98. The van der Waals surface area contributed by atoms with Crippen LogP contribution in [-0.4, -0.2) is 29.1 Å². The zero-order valence-corrected chi connectivity index (χ0v) is 11.0. The molecule has 0 amide bonds. The molecule has 19 heavy (non-hydrogen) atoms. The number of hydrogen-bond acceptors (Lipinski definition) is 4. The number of piperidine rings is 1. The van der Waals surface area contributed by atoms with E-state index in [0.717, 1.165) is 42.9 Å². The average Bonchev–Trinajstić information content (AvgIpc) is 2.98. The molecule has 0 aliphatic carbocycles. The van der Waals surface area contributed by atoms with Crippen LogP contribution in [0.2, 0.25) is 0 Å². The van der Waals surface area contributed by atoms with Gasteiger partial charge in [-0.3, -0.25) is 4.68 Å². The number of nitrogens with one attached hydrogen (secondary N) is 2. The molecule has 1 saturated heterocycles. The van der Waals surface area contributed by atoms with E-state index >= 15 is 0 Å². The van der Waals surface area contributed by atoms with Crippen LogP contribution in [0.4, 0.5) is 5.69 Å². The molecule has 4 rings (SSSR count). The van der Waals surface area contributed by atoms with Crippen molar-refractivity contribution in [2.75, 3.05) is 18.4 Å². The summed E-state index contributed by atoms with van der Waals surface area (Å²) in [7, 11) is 0. The minimum absolute atomic E-state index is 0.0537. The zero-order valence-electron chi connectivity index (χ0n) is 11.0. The van der Waals surface area contributed by atoms with Crippen LogP contribution in [0.15, 0.2) is 18.3 Å². The number of benzene rings is 1. The molecule has 1 unspecified atom stereocenters. The molecule has 3 heterocycles. The Kier molecular flexibility index (Phi) is 2.41. The Morgan fingerprint density at radius 1 is 1.32 bits per heavy atom. The number of aromatic nitrogens is 2. The van der Waals surface area contributed by atoms with Gasteiger partial charge in [0.25, 0.3) is 0 Å². The summed E-state index contributed by atoms with van der Waals surface area (Å²) in [6.07, 6.45) is 4.52. The van der Waals surface area contributed by atoms with E-state index in [0.29, 0.717) is 6.04 Å². The molecule has 0 bridgehead atoms.